The van der Waals surface area contributed by atoms with E-state index < -0.39 is 5.54 Å². The number of hydrogen-bond donors (Lipinski definition) is 1. The number of carbonyl (C=O) groups excluding carboxylic acids is 1. The van der Waals surface area contributed by atoms with Crippen LogP contribution in [-0.4, -0.2) is 18.6 Å². The molecule has 0 bridgehead atoms. The highest BCUT2D eigenvalue weighted by Gasteiger charge is 2.29. The van der Waals surface area contributed by atoms with Crippen LogP contribution in [0.1, 0.15) is 17.5 Å². The van der Waals surface area contributed by atoms with Crippen molar-refractivity contribution in [3.8, 4) is 0 Å². The van der Waals surface area contributed by atoms with Crippen molar-refractivity contribution in [2.24, 2.45) is 5.73 Å². The van der Waals surface area contributed by atoms with E-state index >= 15 is 0 Å². The smallest absolute Gasteiger partial charge is 0.307 e. The molecule has 0 aliphatic rings. The number of esters is 1. The summed E-state index contributed by atoms with van der Waals surface area (Å²) in [5.41, 5.74) is 8.14. The molecule has 0 atom stereocenters. The first-order valence-corrected chi connectivity index (χ1v) is 7.05. The van der Waals surface area contributed by atoms with Crippen molar-refractivity contribution in [1.82, 2.24) is 0 Å². The lowest BCUT2D eigenvalue weighted by Gasteiger charge is -2.29. The normalized spacial score (nSPS) is 11.1. The van der Waals surface area contributed by atoms with Crippen LogP contribution in [0, 0.1) is 0 Å². The van der Waals surface area contributed by atoms with Crippen LogP contribution in [0.25, 0.3) is 0 Å². The summed E-state index contributed by atoms with van der Waals surface area (Å²) in [7, 11) is 1.40. The highest BCUT2D eigenvalue weighted by atomic mass is 16.5. The number of nitrogens with two attached hydrogens (primary N) is 1. The summed E-state index contributed by atoms with van der Waals surface area (Å²) in [4.78, 5) is 11.7. The second kappa shape index (κ2) is 7.04. The third-order valence-electron chi connectivity index (χ3n) is 3.52. The van der Waals surface area contributed by atoms with Gasteiger partial charge in [-0.2, -0.15) is 0 Å². The van der Waals surface area contributed by atoms with Gasteiger partial charge in [-0.1, -0.05) is 60.7 Å². The van der Waals surface area contributed by atoms with Gasteiger partial charge in [-0.25, -0.2) is 0 Å². The van der Waals surface area contributed by atoms with Gasteiger partial charge >= 0.3 is 5.97 Å². The Kier molecular flexibility index (Phi) is 5.12. The van der Waals surface area contributed by atoms with E-state index in [4.69, 9.17) is 10.5 Å². The summed E-state index contributed by atoms with van der Waals surface area (Å²) in [6, 6.07) is 20.0. The van der Waals surface area contributed by atoms with Crippen LogP contribution in [0.15, 0.2) is 60.7 Å². The first-order chi connectivity index (χ1) is 10.1. The molecule has 3 heteroatoms. The van der Waals surface area contributed by atoms with Crippen molar-refractivity contribution in [3.05, 3.63) is 71.8 Å². The first-order valence-electron chi connectivity index (χ1n) is 7.05. The Balaban J connectivity index is 2.19. The molecular weight excluding hydrogens is 262 g/mol. The van der Waals surface area contributed by atoms with E-state index in [0.717, 1.165) is 11.1 Å². The van der Waals surface area contributed by atoms with Crippen molar-refractivity contribution in [1.29, 1.82) is 0 Å². The first kappa shape index (κ1) is 15.3. The van der Waals surface area contributed by atoms with E-state index in [0.29, 0.717) is 12.8 Å². The molecule has 0 aromatic heterocycles. The molecule has 0 saturated carbocycles. The molecule has 0 fully saturated rings. The van der Waals surface area contributed by atoms with Gasteiger partial charge in [0.15, 0.2) is 0 Å². The van der Waals surface area contributed by atoms with E-state index in [9.17, 15) is 4.79 Å². The predicted octanol–water partition coefficient (Wildman–Crippen LogP) is 2.73. The van der Waals surface area contributed by atoms with Gasteiger partial charge in [-0.15, -0.1) is 0 Å². The molecule has 110 valence electrons. The number of rotatable bonds is 6. The molecule has 2 aromatic carbocycles. The zero-order valence-electron chi connectivity index (χ0n) is 12.3. The van der Waals surface area contributed by atoms with Gasteiger partial charge in [0, 0.05) is 5.54 Å². The zero-order valence-corrected chi connectivity index (χ0v) is 12.3. The second-order valence-electron chi connectivity index (χ2n) is 5.44. The number of ether oxygens (including phenoxy) is 1. The standard InChI is InChI=1S/C18H21NO2/c1-21-17(20)14-18(19,12-15-8-4-2-5-9-15)13-16-10-6-3-7-11-16/h2-11H,12-14,19H2,1H3. The van der Waals surface area contributed by atoms with Crippen molar-refractivity contribution < 1.29 is 9.53 Å². The zero-order chi connectivity index (χ0) is 15.1. The Morgan fingerprint density at radius 2 is 1.38 bits per heavy atom. The quantitative estimate of drug-likeness (QED) is 0.829. The lowest BCUT2D eigenvalue weighted by molar-refractivity contribution is -0.142. The molecule has 0 saturated heterocycles. The Hall–Kier alpha value is -2.13. The van der Waals surface area contributed by atoms with Crippen LogP contribution < -0.4 is 5.73 Å². The lowest BCUT2D eigenvalue weighted by atomic mass is 9.83. The van der Waals surface area contributed by atoms with Crippen molar-refractivity contribution >= 4 is 5.97 Å². The van der Waals surface area contributed by atoms with Crippen LogP contribution in [0.5, 0.6) is 0 Å². The molecule has 21 heavy (non-hydrogen) atoms. The Labute approximate surface area is 125 Å². The maximum atomic E-state index is 11.7. The van der Waals surface area contributed by atoms with Gasteiger partial charge in [-0.3, -0.25) is 4.79 Å². The highest BCUT2D eigenvalue weighted by molar-refractivity contribution is 5.71. The largest absolute Gasteiger partial charge is 0.469 e. The lowest BCUT2D eigenvalue weighted by Crippen LogP contribution is -2.46. The SMILES string of the molecule is COC(=O)CC(N)(Cc1ccccc1)Cc1ccccc1. The number of methoxy groups -OCH3 is 1. The van der Waals surface area contributed by atoms with E-state index in [2.05, 4.69) is 0 Å². The monoisotopic (exact) mass is 283 g/mol. The van der Waals surface area contributed by atoms with Crippen LogP contribution in [0.2, 0.25) is 0 Å². The molecule has 3 nitrogen and oxygen atoms in total. The average molecular weight is 283 g/mol. The van der Waals surface area contributed by atoms with Gasteiger partial charge in [0.2, 0.25) is 0 Å². The summed E-state index contributed by atoms with van der Waals surface area (Å²) >= 11 is 0. The number of benzene rings is 2. The van der Waals surface area contributed by atoms with Crippen LogP contribution in [0.4, 0.5) is 0 Å². The summed E-state index contributed by atoms with van der Waals surface area (Å²) in [5, 5.41) is 0. The summed E-state index contributed by atoms with van der Waals surface area (Å²) < 4.78 is 4.80. The van der Waals surface area contributed by atoms with Gasteiger partial charge in [0.05, 0.1) is 13.5 Å². The van der Waals surface area contributed by atoms with Gasteiger partial charge in [-0.05, 0) is 24.0 Å². The molecule has 0 amide bonds. The van der Waals surface area contributed by atoms with Crippen molar-refractivity contribution in [2.75, 3.05) is 7.11 Å². The minimum atomic E-state index is -0.643. The second-order valence-corrected chi connectivity index (χ2v) is 5.44. The van der Waals surface area contributed by atoms with Crippen molar-refractivity contribution in [3.63, 3.8) is 0 Å². The number of carbonyl (C=O) groups is 1. The molecule has 0 aliphatic carbocycles. The molecule has 2 aromatic rings. The molecule has 2 N–H and O–H groups in total. The Morgan fingerprint density at radius 3 is 1.76 bits per heavy atom. The van der Waals surface area contributed by atoms with Gasteiger partial charge in [0.25, 0.3) is 0 Å². The van der Waals surface area contributed by atoms with Gasteiger partial charge in [0.1, 0.15) is 0 Å². The average Bonchev–Trinajstić information content (AvgIpc) is 2.48. The Bertz CT molecular complexity index is 525. The van der Waals surface area contributed by atoms with E-state index in [1.54, 1.807) is 0 Å². The molecule has 0 radical (unpaired) electrons. The van der Waals surface area contributed by atoms with Gasteiger partial charge < -0.3 is 10.5 Å². The minimum Gasteiger partial charge on any atom is -0.469 e. The van der Waals surface area contributed by atoms with E-state index in [1.807, 2.05) is 60.7 Å². The molecule has 0 spiro atoms. The molecule has 0 unspecified atom stereocenters. The molecule has 2 rings (SSSR count). The van der Waals surface area contributed by atoms with Crippen LogP contribution in [-0.2, 0) is 22.4 Å². The minimum absolute atomic E-state index is 0.202. The van der Waals surface area contributed by atoms with E-state index in [1.165, 1.54) is 7.11 Å². The summed E-state index contributed by atoms with van der Waals surface area (Å²) in [6.07, 6.45) is 1.48. The topological polar surface area (TPSA) is 52.3 Å². The van der Waals surface area contributed by atoms with Crippen LogP contribution >= 0.6 is 0 Å². The fourth-order valence-electron chi connectivity index (χ4n) is 2.55. The van der Waals surface area contributed by atoms with E-state index in [-0.39, 0.29) is 12.4 Å². The van der Waals surface area contributed by atoms with Crippen LogP contribution in [0.3, 0.4) is 0 Å². The predicted molar refractivity (Wildman–Crippen MR) is 83.8 cm³/mol. The molecule has 0 heterocycles. The fraction of sp³-hybridized carbons (Fsp3) is 0.278. The fourth-order valence-corrected chi connectivity index (χ4v) is 2.55. The van der Waals surface area contributed by atoms with Crippen molar-refractivity contribution in [2.45, 2.75) is 24.8 Å². The highest BCUT2D eigenvalue weighted by Crippen LogP contribution is 2.21. The summed E-state index contributed by atoms with van der Waals surface area (Å²) in [6.45, 7) is 0. The third-order valence-corrected chi connectivity index (χ3v) is 3.52. The number of hydrogen-bond acceptors (Lipinski definition) is 3. The maximum absolute atomic E-state index is 11.7. The maximum Gasteiger partial charge on any atom is 0.307 e. The Morgan fingerprint density at radius 1 is 0.952 bits per heavy atom. The molecular formula is C18H21NO2. The molecule has 0 aliphatic heterocycles. The summed E-state index contributed by atoms with van der Waals surface area (Å²) in [5.74, 6) is -0.274. The third kappa shape index (κ3) is 4.72.